The van der Waals surface area contributed by atoms with Crippen LogP contribution in [-0.4, -0.2) is 31.2 Å². The first-order valence-corrected chi connectivity index (χ1v) is 8.08. The van der Waals surface area contributed by atoms with Gasteiger partial charge in [0, 0.05) is 12.1 Å². The summed E-state index contributed by atoms with van der Waals surface area (Å²) in [7, 11) is 1.44. The van der Waals surface area contributed by atoms with Crippen LogP contribution in [0, 0.1) is 0 Å². The van der Waals surface area contributed by atoms with Gasteiger partial charge in [-0.1, -0.05) is 18.2 Å². The van der Waals surface area contributed by atoms with Gasteiger partial charge in [-0.05, 0) is 37.6 Å². The van der Waals surface area contributed by atoms with Gasteiger partial charge < -0.3 is 19.3 Å². The Labute approximate surface area is 147 Å². The molecule has 5 nitrogen and oxygen atoms in total. The first-order valence-electron chi connectivity index (χ1n) is 8.08. The van der Waals surface area contributed by atoms with Crippen LogP contribution in [0.1, 0.15) is 29.8 Å². The van der Waals surface area contributed by atoms with Gasteiger partial charge in [-0.15, -0.1) is 0 Å². The lowest BCUT2D eigenvalue weighted by Gasteiger charge is -2.11. The number of ether oxygens (including phenoxy) is 3. The van der Waals surface area contributed by atoms with E-state index in [1.165, 1.54) is 19.3 Å². The van der Waals surface area contributed by atoms with Crippen LogP contribution in [-0.2, 0) is 0 Å². The van der Waals surface area contributed by atoms with Crippen LogP contribution in [0.5, 0.6) is 23.0 Å². The van der Waals surface area contributed by atoms with Gasteiger partial charge >= 0.3 is 0 Å². The maximum Gasteiger partial charge on any atom is 0.193 e. The molecule has 2 rings (SSSR count). The summed E-state index contributed by atoms with van der Waals surface area (Å²) in [5.74, 6) is 0.959. The van der Waals surface area contributed by atoms with Gasteiger partial charge in [-0.3, -0.25) is 4.79 Å². The first kappa shape index (κ1) is 18.4. The molecule has 0 spiro atoms. The van der Waals surface area contributed by atoms with E-state index in [9.17, 15) is 9.90 Å². The zero-order valence-corrected chi connectivity index (χ0v) is 14.6. The number of phenols is 1. The zero-order chi connectivity index (χ0) is 18.2. The van der Waals surface area contributed by atoms with Crippen LogP contribution in [0.25, 0.3) is 6.08 Å². The predicted molar refractivity (Wildman–Crippen MR) is 96.8 cm³/mol. The highest BCUT2D eigenvalue weighted by atomic mass is 16.5. The standard InChI is InChI=1S/C20H22O5/c1-4-24-15-9-6-14(7-10-15)8-11-17(21)20-18(22)12-16(25-5-2)13-19(20)23-3/h6-13,22H,4-5H2,1-3H3/b11-8+. The average molecular weight is 342 g/mol. The number of hydrogen-bond acceptors (Lipinski definition) is 5. The number of aromatic hydroxyl groups is 1. The molecule has 0 aromatic heterocycles. The lowest BCUT2D eigenvalue weighted by atomic mass is 10.1. The lowest BCUT2D eigenvalue weighted by molar-refractivity contribution is 0.104. The molecule has 0 saturated carbocycles. The molecule has 0 bridgehead atoms. The zero-order valence-electron chi connectivity index (χ0n) is 14.6. The highest BCUT2D eigenvalue weighted by Crippen LogP contribution is 2.34. The summed E-state index contributed by atoms with van der Waals surface area (Å²) in [4.78, 5) is 12.5. The summed E-state index contributed by atoms with van der Waals surface area (Å²) in [5.41, 5.74) is 0.953. The van der Waals surface area contributed by atoms with Gasteiger partial charge in [-0.25, -0.2) is 0 Å². The van der Waals surface area contributed by atoms with Crippen molar-refractivity contribution < 1.29 is 24.1 Å². The molecule has 0 fully saturated rings. The van der Waals surface area contributed by atoms with E-state index >= 15 is 0 Å². The van der Waals surface area contributed by atoms with Crippen LogP contribution in [0.2, 0.25) is 0 Å². The minimum absolute atomic E-state index is 0.105. The van der Waals surface area contributed by atoms with Crippen molar-refractivity contribution in [2.45, 2.75) is 13.8 Å². The second-order valence-electron chi connectivity index (χ2n) is 5.15. The summed E-state index contributed by atoms with van der Waals surface area (Å²) in [6.07, 6.45) is 3.07. The van der Waals surface area contributed by atoms with E-state index < -0.39 is 0 Å². The Morgan fingerprint density at radius 2 is 1.68 bits per heavy atom. The number of benzene rings is 2. The van der Waals surface area contributed by atoms with Crippen molar-refractivity contribution in [2.24, 2.45) is 0 Å². The maximum atomic E-state index is 12.5. The van der Waals surface area contributed by atoms with E-state index in [-0.39, 0.29) is 22.8 Å². The van der Waals surface area contributed by atoms with Crippen molar-refractivity contribution in [1.29, 1.82) is 0 Å². The molecule has 0 aliphatic carbocycles. The van der Waals surface area contributed by atoms with E-state index in [4.69, 9.17) is 14.2 Å². The number of carbonyl (C=O) groups excluding carboxylic acids is 1. The fourth-order valence-electron chi connectivity index (χ4n) is 2.33. The van der Waals surface area contributed by atoms with Crippen LogP contribution in [0.3, 0.4) is 0 Å². The van der Waals surface area contributed by atoms with Crippen molar-refractivity contribution >= 4 is 11.9 Å². The molecule has 0 saturated heterocycles. The third-order valence-corrected chi connectivity index (χ3v) is 3.45. The molecule has 0 atom stereocenters. The van der Waals surface area contributed by atoms with E-state index in [0.29, 0.717) is 19.0 Å². The molecule has 2 aromatic carbocycles. The van der Waals surface area contributed by atoms with Crippen LogP contribution >= 0.6 is 0 Å². The minimum atomic E-state index is -0.355. The monoisotopic (exact) mass is 342 g/mol. The van der Waals surface area contributed by atoms with Crippen molar-refractivity contribution in [3.63, 3.8) is 0 Å². The molecule has 0 radical (unpaired) electrons. The first-order chi connectivity index (χ1) is 12.1. The molecule has 2 aromatic rings. The Morgan fingerprint density at radius 3 is 2.28 bits per heavy atom. The van der Waals surface area contributed by atoms with Gasteiger partial charge in [0.25, 0.3) is 0 Å². The number of carbonyl (C=O) groups is 1. The van der Waals surface area contributed by atoms with Gasteiger partial charge in [0.05, 0.1) is 20.3 Å². The summed E-state index contributed by atoms with van der Waals surface area (Å²) in [5, 5.41) is 10.2. The maximum absolute atomic E-state index is 12.5. The predicted octanol–water partition coefficient (Wildman–Crippen LogP) is 4.09. The highest BCUT2D eigenvalue weighted by molar-refractivity contribution is 6.10. The number of allylic oxidation sites excluding steroid dienone is 1. The summed E-state index contributed by atoms with van der Waals surface area (Å²) >= 11 is 0. The Kier molecular flexibility index (Phi) is 6.46. The Balaban J connectivity index is 2.22. The fraction of sp³-hybridized carbons (Fsp3) is 0.250. The van der Waals surface area contributed by atoms with E-state index in [1.54, 1.807) is 12.1 Å². The van der Waals surface area contributed by atoms with Crippen molar-refractivity contribution in [3.05, 3.63) is 53.6 Å². The van der Waals surface area contributed by atoms with Crippen LogP contribution < -0.4 is 14.2 Å². The Bertz CT molecular complexity index is 747. The number of ketones is 1. The molecule has 0 aliphatic rings. The summed E-state index contributed by atoms with van der Waals surface area (Å²) in [6, 6.07) is 10.4. The number of phenolic OH excluding ortho intramolecular Hbond substituents is 1. The van der Waals surface area contributed by atoms with E-state index in [2.05, 4.69) is 0 Å². The summed E-state index contributed by atoms with van der Waals surface area (Å²) in [6.45, 7) is 4.81. The second kappa shape index (κ2) is 8.78. The normalized spacial score (nSPS) is 10.7. The Hall–Kier alpha value is -2.95. The molecule has 1 N–H and O–H groups in total. The third-order valence-electron chi connectivity index (χ3n) is 3.45. The van der Waals surface area contributed by atoms with E-state index in [1.807, 2.05) is 38.1 Å². The molecule has 0 aliphatic heterocycles. The Morgan fingerprint density at radius 1 is 1.04 bits per heavy atom. The van der Waals surface area contributed by atoms with Crippen molar-refractivity contribution in [3.8, 4) is 23.0 Å². The molecular weight excluding hydrogens is 320 g/mol. The molecule has 5 heteroatoms. The SMILES string of the molecule is CCOc1ccc(/C=C/C(=O)c2c(O)cc(OCC)cc2OC)cc1. The molecular formula is C20H22O5. The molecule has 25 heavy (non-hydrogen) atoms. The van der Waals surface area contributed by atoms with Gasteiger partial charge in [0.2, 0.25) is 0 Å². The van der Waals surface area contributed by atoms with Gasteiger partial charge in [-0.2, -0.15) is 0 Å². The van der Waals surface area contributed by atoms with Crippen molar-refractivity contribution in [2.75, 3.05) is 20.3 Å². The minimum Gasteiger partial charge on any atom is -0.507 e. The topological polar surface area (TPSA) is 65.0 Å². The molecule has 0 unspecified atom stereocenters. The number of rotatable bonds is 8. The summed E-state index contributed by atoms with van der Waals surface area (Å²) < 4.78 is 15.9. The quantitative estimate of drug-likeness (QED) is 0.578. The smallest absolute Gasteiger partial charge is 0.193 e. The van der Waals surface area contributed by atoms with Crippen molar-refractivity contribution in [1.82, 2.24) is 0 Å². The van der Waals surface area contributed by atoms with Gasteiger partial charge in [0.1, 0.15) is 28.6 Å². The number of methoxy groups -OCH3 is 1. The fourth-order valence-corrected chi connectivity index (χ4v) is 2.33. The highest BCUT2D eigenvalue weighted by Gasteiger charge is 2.17. The van der Waals surface area contributed by atoms with Crippen LogP contribution in [0.15, 0.2) is 42.5 Å². The largest absolute Gasteiger partial charge is 0.507 e. The second-order valence-corrected chi connectivity index (χ2v) is 5.15. The lowest BCUT2D eigenvalue weighted by Crippen LogP contribution is -2.01. The average Bonchev–Trinajstić information content (AvgIpc) is 2.61. The number of hydrogen-bond donors (Lipinski definition) is 1. The third kappa shape index (κ3) is 4.76. The van der Waals surface area contributed by atoms with E-state index in [0.717, 1.165) is 11.3 Å². The van der Waals surface area contributed by atoms with Gasteiger partial charge in [0.15, 0.2) is 5.78 Å². The molecule has 0 heterocycles. The van der Waals surface area contributed by atoms with Crippen LogP contribution in [0.4, 0.5) is 0 Å². The molecule has 0 amide bonds. The molecule has 132 valence electrons.